The van der Waals surface area contributed by atoms with E-state index in [1.165, 1.54) is 71.6 Å². The second-order valence-corrected chi connectivity index (χ2v) is 15.4. The number of fused-ring (bicyclic) bond motifs is 9. The third-order valence-corrected chi connectivity index (χ3v) is 12.4. The number of hydrogen-bond acceptors (Lipinski definition) is 1. The van der Waals surface area contributed by atoms with Crippen LogP contribution in [0.2, 0.25) is 0 Å². The fourth-order valence-corrected chi connectivity index (χ4v) is 9.96. The smallest absolute Gasteiger partial charge is 0.0788 e. The van der Waals surface area contributed by atoms with Crippen molar-refractivity contribution in [2.75, 3.05) is 0 Å². The molecule has 0 saturated heterocycles. The van der Waals surface area contributed by atoms with E-state index >= 15 is 0 Å². The highest BCUT2D eigenvalue weighted by atomic mass is 15.0. The zero-order valence-corrected chi connectivity index (χ0v) is 31.7. The van der Waals surface area contributed by atoms with Gasteiger partial charge in [-0.25, -0.2) is 4.98 Å². The van der Waals surface area contributed by atoms with Gasteiger partial charge in [0.05, 0.1) is 27.7 Å². The molecule has 1 aliphatic rings. The normalized spacial score (nSPS) is 13.0. The summed E-state index contributed by atoms with van der Waals surface area (Å²) in [4.78, 5) is 5.28. The molecule has 0 bridgehead atoms. The predicted octanol–water partition coefficient (Wildman–Crippen LogP) is 14.2. The maximum atomic E-state index is 5.28. The molecule has 1 aliphatic carbocycles. The topological polar surface area (TPSA) is 17.8 Å². The summed E-state index contributed by atoms with van der Waals surface area (Å²) in [5, 5.41) is 5.99. The van der Waals surface area contributed by atoms with Gasteiger partial charge in [-0.2, -0.15) is 0 Å². The second-order valence-electron chi connectivity index (χ2n) is 15.4. The van der Waals surface area contributed by atoms with Gasteiger partial charge in [0.25, 0.3) is 0 Å². The fraction of sp³-hybridized carbons (Fsp3) is 0.0179. The summed E-state index contributed by atoms with van der Waals surface area (Å²) >= 11 is 0. The Kier molecular flexibility index (Phi) is 7.18. The summed E-state index contributed by atoms with van der Waals surface area (Å²) in [6.07, 6.45) is 0. The minimum absolute atomic E-state index is 0.454. The highest BCUT2D eigenvalue weighted by Crippen LogP contribution is 2.56. The van der Waals surface area contributed by atoms with Crippen LogP contribution in [-0.4, -0.2) is 9.55 Å². The molecule has 270 valence electrons. The lowest BCUT2D eigenvalue weighted by atomic mass is 9.67. The molecule has 0 radical (unpaired) electrons. The van der Waals surface area contributed by atoms with E-state index in [1.807, 2.05) is 0 Å². The molecule has 0 amide bonds. The lowest BCUT2D eigenvalue weighted by Crippen LogP contribution is -2.28. The van der Waals surface area contributed by atoms with Crippen LogP contribution in [0.1, 0.15) is 22.3 Å². The lowest BCUT2D eigenvalue weighted by molar-refractivity contribution is 0.769. The molecule has 0 aliphatic heterocycles. The molecule has 0 fully saturated rings. The number of aromatic nitrogens is 2. The molecule has 2 heterocycles. The first kappa shape index (κ1) is 32.7. The third-order valence-electron chi connectivity index (χ3n) is 12.4. The first-order valence-electron chi connectivity index (χ1n) is 20.0. The largest absolute Gasteiger partial charge is 0.309 e. The number of pyridine rings is 1. The van der Waals surface area contributed by atoms with Crippen molar-refractivity contribution >= 4 is 43.5 Å². The fourth-order valence-electron chi connectivity index (χ4n) is 9.96. The van der Waals surface area contributed by atoms with Crippen molar-refractivity contribution in [2.45, 2.75) is 5.41 Å². The van der Waals surface area contributed by atoms with Crippen LogP contribution in [0.5, 0.6) is 0 Å². The summed E-state index contributed by atoms with van der Waals surface area (Å²) in [6.45, 7) is 0. The van der Waals surface area contributed by atoms with Gasteiger partial charge in [-0.1, -0.05) is 176 Å². The van der Waals surface area contributed by atoms with E-state index < -0.39 is 5.41 Å². The maximum Gasteiger partial charge on any atom is 0.0788 e. The summed E-state index contributed by atoms with van der Waals surface area (Å²) < 4.78 is 2.44. The van der Waals surface area contributed by atoms with Crippen LogP contribution in [0.25, 0.3) is 82.7 Å². The third kappa shape index (κ3) is 4.69. The lowest BCUT2D eigenvalue weighted by Gasteiger charge is -2.34. The van der Waals surface area contributed by atoms with E-state index in [9.17, 15) is 0 Å². The van der Waals surface area contributed by atoms with Crippen molar-refractivity contribution in [3.63, 3.8) is 0 Å². The standard InChI is InChI=1S/C56H36N2/c1-4-17-37(18-5-1)55-49-36-54-48(35-47(49)45-26-11-14-29-52(45)57-55)46-27-12-15-30-53(46)58(54)42-24-16-19-38(33-42)39-31-32-44-43-25-10-13-28-50(43)56(51(44)34-39,40-20-6-2-7-21-40)41-22-8-3-9-23-41/h1-36H. The Morgan fingerprint density at radius 3 is 1.76 bits per heavy atom. The molecule has 0 atom stereocenters. The molecule has 2 aromatic heterocycles. The molecule has 9 aromatic carbocycles. The number of benzene rings is 9. The highest BCUT2D eigenvalue weighted by Gasteiger charge is 2.46. The van der Waals surface area contributed by atoms with Gasteiger partial charge < -0.3 is 4.57 Å². The number of hydrogen-bond donors (Lipinski definition) is 0. The van der Waals surface area contributed by atoms with Crippen molar-refractivity contribution in [2.24, 2.45) is 0 Å². The maximum absolute atomic E-state index is 5.28. The molecule has 0 unspecified atom stereocenters. The zero-order valence-electron chi connectivity index (χ0n) is 31.7. The number of nitrogens with zero attached hydrogens (tertiary/aromatic N) is 2. The molecular formula is C56H36N2. The van der Waals surface area contributed by atoms with Crippen LogP contribution in [0.15, 0.2) is 218 Å². The van der Waals surface area contributed by atoms with Gasteiger partial charge in [-0.05, 0) is 92.4 Å². The summed E-state index contributed by atoms with van der Waals surface area (Å²) in [5.41, 5.74) is 16.3. The molecule has 0 saturated carbocycles. The molecule has 11 aromatic rings. The Morgan fingerprint density at radius 1 is 0.345 bits per heavy atom. The molecule has 12 rings (SSSR count). The van der Waals surface area contributed by atoms with Crippen molar-refractivity contribution in [1.82, 2.24) is 9.55 Å². The molecule has 0 N–H and O–H groups in total. The van der Waals surface area contributed by atoms with Crippen molar-refractivity contribution < 1.29 is 0 Å². The molecule has 0 spiro atoms. The molecular weight excluding hydrogens is 701 g/mol. The van der Waals surface area contributed by atoms with Gasteiger partial charge in [0.2, 0.25) is 0 Å². The summed E-state index contributed by atoms with van der Waals surface area (Å²) in [6, 6.07) is 79.9. The number of rotatable bonds is 5. The second kappa shape index (κ2) is 12.7. The van der Waals surface area contributed by atoms with Gasteiger partial charge in [-0.3, -0.25) is 0 Å². The number of para-hydroxylation sites is 2. The van der Waals surface area contributed by atoms with E-state index in [2.05, 4.69) is 223 Å². The predicted molar refractivity (Wildman–Crippen MR) is 242 cm³/mol. The highest BCUT2D eigenvalue weighted by molar-refractivity contribution is 6.20. The first-order chi connectivity index (χ1) is 28.8. The average molecular weight is 737 g/mol. The quantitative estimate of drug-likeness (QED) is 0.161. The van der Waals surface area contributed by atoms with Crippen LogP contribution >= 0.6 is 0 Å². The van der Waals surface area contributed by atoms with Crippen LogP contribution in [0.3, 0.4) is 0 Å². The van der Waals surface area contributed by atoms with E-state index in [1.54, 1.807) is 0 Å². The van der Waals surface area contributed by atoms with Gasteiger partial charge >= 0.3 is 0 Å². The van der Waals surface area contributed by atoms with Crippen LogP contribution in [-0.2, 0) is 5.41 Å². The van der Waals surface area contributed by atoms with Crippen LogP contribution < -0.4 is 0 Å². The molecule has 58 heavy (non-hydrogen) atoms. The Hall–Kier alpha value is -7.55. The van der Waals surface area contributed by atoms with Crippen LogP contribution in [0.4, 0.5) is 0 Å². The van der Waals surface area contributed by atoms with Crippen molar-refractivity contribution in [1.29, 1.82) is 0 Å². The molecule has 2 nitrogen and oxygen atoms in total. The SMILES string of the molecule is c1ccc(-c2nc3ccccc3c3cc4c5ccccc5n(-c5cccc(-c6ccc7c(c6)C(c6ccccc6)(c6ccccc6)c6ccccc6-7)c5)c4cc23)cc1. The van der Waals surface area contributed by atoms with E-state index in [0.29, 0.717) is 0 Å². The minimum atomic E-state index is -0.454. The van der Waals surface area contributed by atoms with Crippen molar-refractivity contribution in [3.05, 3.63) is 241 Å². The van der Waals surface area contributed by atoms with Crippen LogP contribution in [0, 0.1) is 0 Å². The van der Waals surface area contributed by atoms with Gasteiger partial charge in [0.15, 0.2) is 0 Å². The average Bonchev–Trinajstić information content (AvgIpc) is 3.79. The summed E-state index contributed by atoms with van der Waals surface area (Å²) in [7, 11) is 0. The Morgan fingerprint density at radius 2 is 0.966 bits per heavy atom. The van der Waals surface area contributed by atoms with Gasteiger partial charge in [0.1, 0.15) is 0 Å². The monoisotopic (exact) mass is 736 g/mol. The first-order valence-corrected chi connectivity index (χ1v) is 20.0. The molecule has 2 heteroatoms. The van der Waals surface area contributed by atoms with E-state index in [0.717, 1.165) is 33.4 Å². The van der Waals surface area contributed by atoms with E-state index in [4.69, 9.17) is 4.98 Å². The summed E-state index contributed by atoms with van der Waals surface area (Å²) in [5.74, 6) is 0. The minimum Gasteiger partial charge on any atom is -0.309 e. The van der Waals surface area contributed by atoms with Gasteiger partial charge in [-0.15, -0.1) is 0 Å². The zero-order chi connectivity index (χ0) is 38.2. The van der Waals surface area contributed by atoms with E-state index in [-0.39, 0.29) is 0 Å². The van der Waals surface area contributed by atoms with Crippen molar-refractivity contribution in [3.8, 4) is 39.2 Å². The van der Waals surface area contributed by atoms with Gasteiger partial charge in [0, 0.05) is 32.8 Å². The Labute approximate surface area is 336 Å². The Bertz CT molecular complexity index is 3340. The Balaban J connectivity index is 1.09.